The van der Waals surface area contributed by atoms with E-state index >= 15 is 0 Å². The number of methoxy groups -OCH3 is 1. The van der Waals surface area contributed by atoms with E-state index in [1.165, 1.54) is 0 Å². The molecule has 0 bridgehead atoms. The van der Waals surface area contributed by atoms with Gasteiger partial charge in [0, 0.05) is 19.3 Å². The van der Waals surface area contributed by atoms with Crippen molar-refractivity contribution in [1.82, 2.24) is 0 Å². The van der Waals surface area contributed by atoms with E-state index < -0.39 is 0 Å². The maximum atomic E-state index is 12.1. The van der Waals surface area contributed by atoms with Gasteiger partial charge in [-0.15, -0.1) is 0 Å². The molecule has 2 unspecified atom stereocenters. The highest BCUT2D eigenvalue weighted by Gasteiger charge is 2.13. The third-order valence-corrected chi connectivity index (χ3v) is 4.06. The van der Waals surface area contributed by atoms with Gasteiger partial charge in [0.2, 0.25) is 5.91 Å². The molecule has 2 aromatic carbocycles. The van der Waals surface area contributed by atoms with Crippen LogP contribution in [0, 0.1) is 6.92 Å². The number of benzene rings is 2. The fourth-order valence-electron chi connectivity index (χ4n) is 2.52. The van der Waals surface area contributed by atoms with E-state index in [1.807, 2.05) is 62.4 Å². The predicted molar refractivity (Wildman–Crippen MR) is 99.8 cm³/mol. The summed E-state index contributed by atoms with van der Waals surface area (Å²) in [5.41, 5.74) is 8.36. The summed E-state index contributed by atoms with van der Waals surface area (Å²) in [4.78, 5) is 12.1. The summed E-state index contributed by atoms with van der Waals surface area (Å²) in [5, 5.41) is 2.89. The van der Waals surface area contributed by atoms with Crippen molar-refractivity contribution in [2.24, 2.45) is 5.73 Å². The van der Waals surface area contributed by atoms with Crippen LogP contribution in [0.2, 0.25) is 0 Å². The lowest BCUT2D eigenvalue weighted by Crippen LogP contribution is -2.28. The molecule has 0 aliphatic carbocycles. The molecule has 134 valence electrons. The van der Waals surface area contributed by atoms with Crippen LogP contribution in [0.4, 0.5) is 5.69 Å². The molecule has 0 aliphatic heterocycles. The lowest BCUT2D eigenvalue weighted by molar-refractivity contribution is -0.118. The number of ether oxygens (including phenoxy) is 2. The molecule has 3 N–H and O–H groups in total. The first-order valence-electron chi connectivity index (χ1n) is 8.38. The van der Waals surface area contributed by atoms with Gasteiger partial charge >= 0.3 is 0 Å². The van der Waals surface area contributed by atoms with Crippen molar-refractivity contribution < 1.29 is 14.3 Å². The van der Waals surface area contributed by atoms with Gasteiger partial charge in [-0.2, -0.15) is 0 Å². The molecule has 5 nitrogen and oxygen atoms in total. The van der Waals surface area contributed by atoms with E-state index in [-0.39, 0.29) is 24.5 Å². The number of nitrogens with one attached hydrogen (secondary N) is 1. The monoisotopic (exact) mass is 342 g/mol. The average molecular weight is 342 g/mol. The fourth-order valence-corrected chi connectivity index (χ4v) is 2.52. The van der Waals surface area contributed by atoms with Gasteiger partial charge < -0.3 is 20.5 Å². The first-order chi connectivity index (χ1) is 12.0. The summed E-state index contributed by atoms with van der Waals surface area (Å²) in [6.07, 6.45) is -0.0851. The highest BCUT2D eigenvalue weighted by molar-refractivity contribution is 5.91. The van der Waals surface area contributed by atoms with Crippen LogP contribution in [-0.4, -0.2) is 25.7 Å². The van der Waals surface area contributed by atoms with Gasteiger partial charge in [-0.05, 0) is 43.2 Å². The molecule has 0 aromatic heterocycles. The second-order valence-electron chi connectivity index (χ2n) is 5.99. The zero-order chi connectivity index (χ0) is 18.2. The van der Waals surface area contributed by atoms with Crippen molar-refractivity contribution in [3.05, 3.63) is 59.7 Å². The maximum absolute atomic E-state index is 12.1. The standard InChI is InChI=1S/C20H26N2O3/c1-14-11-17(25-15(2)16-7-5-4-6-8-16)9-10-19(14)22-20(23)12-18(13-21)24-3/h4-11,15,18H,12-13,21H2,1-3H3,(H,22,23). The molecule has 0 spiro atoms. The summed E-state index contributed by atoms with van der Waals surface area (Å²) in [6, 6.07) is 15.7. The van der Waals surface area contributed by atoms with E-state index in [1.54, 1.807) is 7.11 Å². The molecule has 5 heteroatoms. The van der Waals surface area contributed by atoms with Crippen LogP contribution in [0.5, 0.6) is 5.75 Å². The number of anilines is 1. The summed E-state index contributed by atoms with van der Waals surface area (Å²) in [7, 11) is 1.55. The number of amides is 1. The van der Waals surface area contributed by atoms with Crippen molar-refractivity contribution in [3.8, 4) is 5.75 Å². The Morgan fingerprint density at radius 3 is 2.52 bits per heavy atom. The van der Waals surface area contributed by atoms with Crippen molar-refractivity contribution in [3.63, 3.8) is 0 Å². The topological polar surface area (TPSA) is 73.6 Å². The molecule has 2 aromatic rings. The second kappa shape index (κ2) is 9.20. The van der Waals surface area contributed by atoms with Crippen LogP contribution in [0.3, 0.4) is 0 Å². The van der Waals surface area contributed by atoms with Gasteiger partial charge in [-0.25, -0.2) is 0 Å². The highest BCUT2D eigenvalue weighted by atomic mass is 16.5. The smallest absolute Gasteiger partial charge is 0.227 e. The number of nitrogens with two attached hydrogens (primary N) is 1. The second-order valence-corrected chi connectivity index (χ2v) is 5.99. The van der Waals surface area contributed by atoms with E-state index in [2.05, 4.69) is 5.32 Å². The molecule has 2 atom stereocenters. The van der Waals surface area contributed by atoms with Gasteiger partial charge in [0.25, 0.3) is 0 Å². The van der Waals surface area contributed by atoms with Crippen molar-refractivity contribution in [2.45, 2.75) is 32.5 Å². The van der Waals surface area contributed by atoms with E-state index in [9.17, 15) is 4.79 Å². The molecule has 2 rings (SSSR count). The average Bonchev–Trinajstić information content (AvgIpc) is 2.62. The molecule has 0 aliphatic rings. The number of carbonyl (C=O) groups excluding carboxylic acids is 1. The van der Waals surface area contributed by atoms with Gasteiger partial charge in [-0.3, -0.25) is 4.79 Å². The van der Waals surface area contributed by atoms with Gasteiger partial charge in [0.05, 0.1) is 12.5 Å². The minimum Gasteiger partial charge on any atom is -0.486 e. The van der Waals surface area contributed by atoms with E-state index in [4.69, 9.17) is 15.2 Å². The predicted octanol–water partition coefficient (Wildman–Crippen LogP) is 3.44. The minimum absolute atomic E-state index is 0.0481. The Hall–Kier alpha value is -2.37. The number of hydrogen-bond acceptors (Lipinski definition) is 4. The van der Waals surface area contributed by atoms with Crippen LogP contribution in [0.1, 0.15) is 30.6 Å². The Balaban J connectivity index is 1.99. The molecule has 0 heterocycles. The van der Waals surface area contributed by atoms with E-state index in [0.29, 0.717) is 6.54 Å². The summed E-state index contributed by atoms with van der Waals surface area (Å²) in [6.45, 7) is 4.26. The molecule has 25 heavy (non-hydrogen) atoms. The molecule has 1 amide bonds. The van der Waals surface area contributed by atoms with Crippen molar-refractivity contribution >= 4 is 11.6 Å². The number of aryl methyl sites for hydroxylation is 1. The van der Waals surface area contributed by atoms with E-state index in [0.717, 1.165) is 22.6 Å². The van der Waals surface area contributed by atoms with Crippen LogP contribution in [0.25, 0.3) is 0 Å². The Kier molecular flexibility index (Phi) is 6.98. The molecular formula is C20H26N2O3. The molecule has 0 radical (unpaired) electrons. The Morgan fingerprint density at radius 2 is 1.92 bits per heavy atom. The fraction of sp³-hybridized carbons (Fsp3) is 0.350. The number of hydrogen-bond donors (Lipinski definition) is 2. The number of carbonyl (C=O) groups is 1. The zero-order valence-electron chi connectivity index (χ0n) is 15.0. The lowest BCUT2D eigenvalue weighted by atomic mass is 10.1. The third-order valence-electron chi connectivity index (χ3n) is 4.06. The van der Waals surface area contributed by atoms with Crippen LogP contribution < -0.4 is 15.8 Å². The van der Waals surface area contributed by atoms with Crippen LogP contribution in [-0.2, 0) is 9.53 Å². The zero-order valence-corrected chi connectivity index (χ0v) is 15.0. The third kappa shape index (κ3) is 5.59. The molecule has 0 saturated heterocycles. The van der Waals surface area contributed by atoms with Gasteiger partial charge in [0.1, 0.15) is 11.9 Å². The summed E-state index contributed by atoms with van der Waals surface area (Å²) < 4.78 is 11.1. The highest BCUT2D eigenvalue weighted by Crippen LogP contribution is 2.26. The summed E-state index contributed by atoms with van der Waals surface area (Å²) in [5.74, 6) is 0.648. The Bertz CT molecular complexity index is 685. The summed E-state index contributed by atoms with van der Waals surface area (Å²) >= 11 is 0. The van der Waals surface area contributed by atoms with Crippen molar-refractivity contribution in [2.75, 3.05) is 19.0 Å². The van der Waals surface area contributed by atoms with Crippen LogP contribution in [0.15, 0.2) is 48.5 Å². The normalized spacial score (nSPS) is 13.1. The quantitative estimate of drug-likeness (QED) is 0.771. The Morgan fingerprint density at radius 1 is 1.20 bits per heavy atom. The minimum atomic E-state index is -0.269. The molecule has 0 saturated carbocycles. The molecule has 0 fully saturated rings. The van der Waals surface area contributed by atoms with Crippen molar-refractivity contribution in [1.29, 1.82) is 0 Å². The lowest BCUT2D eigenvalue weighted by Gasteiger charge is -2.17. The first-order valence-corrected chi connectivity index (χ1v) is 8.38. The largest absolute Gasteiger partial charge is 0.486 e. The van der Waals surface area contributed by atoms with Gasteiger partial charge in [0.15, 0.2) is 0 Å². The Labute approximate surface area is 149 Å². The first kappa shape index (κ1) is 19.0. The maximum Gasteiger partial charge on any atom is 0.227 e. The SMILES string of the molecule is COC(CN)CC(=O)Nc1ccc(OC(C)c2ccccc2)cc1C. The molecular weight excluding hydrogens is 316 g/mol. The van der Waals surface area contributed by atoms with Crippen LogP contribution >= 0.6 is 0 Å². The number of rotatable bonds is 8. The van der Waals surface area contributed by atoms with Gasteiger partial charge in [-0.1, -0.05) is 30.3 Å².